The smallest absolute Gasteiger partial charge is 0.219 e. The van der Waals surface area contributed by atoms with Crippen molar-refractivity contribution in [2.45, 2.75) is 39.5 Å². The maximum Gasteiger partial charge on any atom is 0.219 e. The van der Waals surface area contributed by atoms with Crippen molar-refractivity contribution in [1.82, 2.24) is 9.88 Å². The summed E-state index contributed by atoms with van der Waals surface area (Å²) in [7, 11) is 0. The minimum atomic E-state index is 0.278. The summed E-state index contributed by atoms with van der Waals surface area (Å²) in [5.74, 6) is 1.95. The average molecular weight is 415 g/mol. The van der Waals surface area contributed by atoms with E-state index in [4.69, 9.17) is 4.74 Å². The zero-order valence-corrected chi connectivity index (χ0v) is 18.4. The third-order valence-electron chi connectivity index (χ3n) is 6.30. The van der Waals surface area contributed by atoms with Crippen molar-refractivity contribution < 1.29 is 9.53 Å². The summed E-state index contributed by atoms with van der Waals surface area (Å²) in [5, 5.41) is 0. The fourth-order valence-corrected chi connectivity index (χ4v) is 4.35. The Kier molecular flexibility index (Phi) is 6.36. The first kappa shape index (κ1) is 21.1. The summed E-state index contributed by atoms with van der Waals surface area (Å²) < 4.78 is 5.86. The lowest BCUT2D eigenvalue weighted by molar-refractivity contribution is -0.116. The number of Topliss-reactive ketones (excluding diaryl/α,β-unsaturated/α-hetero) is 1. The van der Waals surface area contributed by atoms with Crippen LogP contribution in [0.15, 0.2) is 77.7 Å². The van der Waals surface area contributed by atoms with Crippen LogP contribution in [0.5, 0.6) is 11.6 Å². The predicted octanol–water partition coefficient (Wildman–Crippen LogP) is 6.18. The van der Waals surface area contributed by atoms with Gasteiger partial charge >= 0.3 is 0 Å². The molecule has 4 nitrogen and oxygen atoms in total. The summed E-state index contributed by atoms with van der Waals surface area (Å²) in [4.78, 5) is 19.1. The Hall–Kier alpha value is -3.14. The Morgan fingerprint density at radius 3 is 2.68 bits per heavy atom. The van der Waals surface area contributed by atoms with Crippen LogP contribution in [-0.2, 0) is 4.79 Å². The molecular formula is C27H30N2O2. The molecule has 160 valence electrons. The molecule has 1 atom stereocenters. The van der Waals surface area contributed by atoms with Gasteiger partial charge in [0.25, 0.3) is 0 Å². The normalized spacial score (nSPS) is 19.4. The molecule has 1 aromatic carbocycles. The average Bonchev–Trinajstić information content (AvgIpc) is 2.77. The van der Waals surface area contributed by atoms with Gasteiger partial charge in [0.2, 0.25) is 5.88 Å². The summed E-state index contributed by atoms with van der Waals surface area (Å²) in [6, 6.07) is 13.8. The molecular weight excluding hydrogens is 384 g/mol. The molecule has 1 aliphatic carbocycles. The monoisotopic (exact) mass is 414 g/mol. The lowest BCUT2D eigenvalue weighted by Crippen LogP contribution is -2.35. The molecule has 1 saturated heterocycles. The molecule has 2 aromatic rings. The van der Waals surface area contributed by atoms with E-state index in [9.17, 15) is 4.79 Å². The number of rotatable bonds is 5. The Morgan fingerprint density at radius 1 is 1.16 bits per heavy atom. The van der Waals surface area contributed by atoms with Gasteiger partial charge in [0, 0.05) is 43.0 Å². The highest BCUT2D eigenvalue weighted by atomic mass is 16.5. The van der Waals surface area contributed by atoms with Crippen LogP contribution in [0.4, 0.5) is 0 Å². The number of pyridine rings is 1. The number of piperidine rings is 1. The summed E-state index contributed by atoms with van der Waals surface area (Å²) in [5.41, 5.74) is 5.87. The number of carbonyl (C=O) groups excluding carboxylic acids is 1. The molecule has 0 amide bonds. The van der Waals surface area contributed by atoms with E-state index < -0.39 is 0 Å². The quantitative estimate of drug-likeness (QED) is 0.548. The highest BCUT2D eigenvalue weighted by molar-refractivity contribution is 5.96. The number of aromatic nitrogens is 1. The minimum absolute atomic E-state index is 0.278. The summed E-state index contributed by atoms with van der Waals surface area (Å²) in [6.45, 7) is 10.0. The number of ether oxygens (including phenoxy) is 1. The largest absolute Gasteiger partial charge is 0.439 e. The van der Waals surface area contributed by atoms with Crippen molar-refractivity contribution in [2.75, 3.05) is 13.1 Å². The zero-order chi connectivity index (χ0) is 21.8. The molecule has 0 N–H and O–H groups in total. The molecule has 1 aliphatic heterocycles. The van der Waals surface area contributed by atoms with Gasteiger partial charge in [-0.15, -0.1) is 0 Å². The SMILES string of the molecule is C=C(C)C1CC(=O)C(C)=C(N2CCC(=Cc3cccc(Oc4ccccn4)c3)CC2)C1. The van der Waals surface area contributed by atoms with Crippen LogP contribution in [0.25, 0.3) is 6.08 Å². The Balaban J connectivity index is 1.42. The molecule has 0 saturated carbocycles. The second-order valence-corrected chi connectivity index (χ2v) is 8.58. The number of benzene rings is 1. The van der Waals surface area contributed by atoms with E-state index in [-0.39, 0.29) is 11.7 Å². The van der Waals surface area contributed by atoms with E-state index in [1.807, 2.05) is 44.2 Å². The van der Waals surface area contributed by atoms with Gasteiger partial charge in [0.15, 0.2) is 5.78 Å². The Morgan fingerprint density at radius 2 is 1.97 bits per heavy atom. The molecule has 4 rings (SSSR count). The first-order valence-corrected chi connectivity index (χ1v) is 11.0. The fourth-order valence-electron chi connectivity index (χ4n) is 4.35. The molecule has 1 fully saturated rings. The number of nitrogens with zero attached hydrogens (tertiary/aromatic N) is 2. The molecule has 2 heterocycles. The van der Waals surface area contributed by atoms with E-state index in [2.05, 4.69) is 34.7 Å². The fraction of sp³-hybridized carbons (Fsp3) is 0.333. The van der Waals surface area contributed by atoms with Crippen molar-refractivity contribution in [3.05, 3.63) is 83.2 Å². The highest BCUT2D eigenvalue weighted by Gasteiger charge is 2.29. The van der Waals surface area contributed by atoms with Crippen molar-refractivity contribution in [2.24, 2.45) is 5.92 Å². The molecule has 0 radical (unpaired) electrons. The van der Waals surface area contributed by atoms with Crippen molar-refractivity contribution in [3.8, 4) is 11.6 Å². The first-order valence-electron chi connectivity index (χ1n) is 11.0. The van der Waals surface area contributed by atoms with E-state index in [1.54, 1.807) is 6.20 Å². The van der Waals surface area contributed by atoms with Gasteiger partial charge in [-0.2, -0.15) is 0 Å². The molecule has 0 spiro atoms. The van der Waals surface area contributed by atoms with Gasteiger partial charge < -0.3 is 9.64 Å². The molecule has 1 aromatic heterocycles. The molecule has 0 bridgehead atoms. The van der Waals surface area contributed by atoms with Gasteiger partial charge in [0.1, 0.15) is 5.75 Å². The third-order valence-corrected chi connectivity index (χ3v) is 6.30. The van der Waals surface area contributed by atoms with E-state index >= 15 is 0 Å². The number of allylic oxidation sites excluding steroid dienone is 3. The van der Waals surface area contributed by atoms with Gasteiger partial charge in [-0.1, -0.05) is 42.0 Å². The van der Waals surface area contributed by atoms with Crippen molar-refractivity contribution in [3.63, 3.8) is 0 Å². The second kappa shape index (κ2) is 9.34. The van der Waals surface area contributed by atoms with Gasteiger partial charge in [-0.05, 0) is 62.8 Å². The molecule has 2 aliphatic rings. The lowest BCUT2D eigenvalue weighted by atomic mass is 9.82. The number of hydrogen-bond donors (Lipinski definition) is 0. The number of hydrogen-bond acceptors (Lipinski definition) is 4. The van der Waals surface area contributed by atoms with Gasteiger partial charge in [0.05, 0.1) is 0 Å². The van der Waals surface area contributed by atoms with Crippen LogP contribution < -0.4 is 4.74 Å². The van der Waals surface area contributed by atoms with Crippen LogP contribution >= 0.6 is 0 Å². The lowest BCUT2D eigenvalue weighted by Gasteiger charge is -2.37. The number of likely N-dealkylation sites (tertiary alicyclic amines) is 1. The topological polar surface area (TPSA) is 42.4 Å². The molecule has 31 heavy (non-hydrogen) atoms. The van der Waals surface area contributed by atoms with Gasteiger partial charge in [-0.3, -0.25) is 4.79 Å². The van der Waals surface area contributed by atoms with Crippen molar-refractivity contribution >= 4 is 11.9 Å². The highest BCUT2D eigenvalue weighted by Crippen LogP contribution is 2.35. The van der Waals surface area contributed by atoms with Crippen LogP contribution in [0.2, 0.25) is 0 Å². The number of ketones is 1. The van der Waals surface area contributed by atoms with Crippen LogP contribution in [-0.4, -0.2) is 28.8 Å². The van der Waals surface area contributed by atoms with Crippen molar-refractivity contribution in [1.29, 1.82) is 0 Å². The minimum Gasteiger partial charge on any atom is -0.439 e. The maximum atomic E-state index is 12.5. The van der Waals surface area contributed by atoms with E-state index in [1.165, 1.54) is 11.3 Å². The number of carbonyl (C=O) groups is 1. The predicted molar refractivity (Wildman–Crippen MR) is 125 cm³/mol. The van der Waals surface area contributed by atoms with E-state index in [0.717, 1.165) is 54.8 Å². The maximum absolute atomic E-state index is 12.5. The summed E-state index contributed by atoms with van der Waals surface area (Å²) >= 11 is 0. The standard InChI is InChI=1S/C27H30N2O2/c1-19(2)23-17-25(20(3)26(30)18-23)29-13-10-21(11-14-29)15-22-7-6-8-24(16-22)31-27-9-4-5-12-28-27/h4-9,12,15-16,23H,1,10-11,13-14,17-18H2,2-3H3. The Bertz CT molecular complexity index is 1030. The third kappa shape index (κ3) is 5.13. The van der Waals surface area contributed by atoms with Crippen LogP contribution in [0.3, 0.4) is 0 Å². The van der Waals surface area contributed by atoms with Crippen LogP contribution in [0, 0.1) is 5.92 Å². The first-order chi connectivity index (χ1) is 15.0. The van der Waals surface area contributed by atoms with Gasteiger partial charge in [-0.25, -0.2) is 4.98 Å². The second-order valence-electron chi connectivity index (χ2n) is 8.58. The zero-order valence-electron chi connectivity index (χ0n) is 18.4. The Labute approximate surface area is 185 Å². The van der Waals surface area contributed by atoms with Crippen LogP contribution in [0.1, 0.15) is 45.1 Å². The molecule has 4 heteroatoms. The van der Waals surface area contributed by atoms with E-state index in [0.29, 0.717) is 12.3 Å². The summed E-state index contributed by atoms with van der Waals surface area (Å²) in [6.07, 6.45) is 7.57. The molecule has 1 unspecified atom stereocenters.